The molecule has 2 saturated heterocycles. The number of likely N-dealkylation sites (tertiary alicyclic amines) is 1. The number of aromatic nitrogens is 5. The van der Waals surface area contributed by atoms with Crippen LogP contribution >= 0.6 is 0 Å². The normalized spacial score (nSPS) is 18.0. The molecule has 6 rings (SSSR count). The minimum absolute atomic E-state index is 0.0256. The summed E-state index contributed by atoms with van der Waals surface area (Å²) in [5.41, 5.74) is 7.29. The van der Waals surface area contributed by atoms with Crippen molar-refractivity contribution in [2.24, 2.45) is 12.8 Å². The fourth-order valence-electron chi connectivity index (χ4n) is 6.11. The summed E-state index contributed by atoms with van der Waals surface area (Å²) in [7, 11) is 1.63. The molecule has 2 aliphatic rings. The lowest BCUT2D eigenvalue weighted by molar-refractivity contribution is 0.0794. The van der Waals surface area contributed by atoms with Crippen LogP contribution in [0.4, 0.5) is 5.82 Å². The number of amides is 1. The summed E-state index contributed by atoms with van der Waals surface area (Å²) in [5.74, 6) is 0.924. The maximum atomic E-state index is 14.1. The van der Waals surface area contributed by atoms with Crippen LogP contribution in [-0.4, -0.2) is 66.7 Å². The average molecular weight is 531 g/mol. The molecule has 0 unspecified atom stereocenters. The highest BCUT2D eigenvalue weighted by atomic mass is 16.2. The summed E-state index contributed by atoms with van der Waals surface area (Å²) in [6.45, 7) is 5.01. The van der Waals surface area contributed by atoms with Crippen molar-refractivity contribution >= 4 is 33.7 Å². The molecule has 2 N–H and O–H groups in total. The van der Waals surface area contributed by atoms with Crippen molar-refractivity contribution in [2.45, 2.75) is 51.7 Å². The first-order chi connectivity index (χ1) is 18.9. The summed E-state index contributed by atoms with van der Waals surface area (Å²) in [6, 6.07) is 7.56. The fraction of sp³-hybridized carbons (Fsp3) is 0.464. The van der Waals surface area contributed by atoms with Gasteiger partial charge in [0.1, 0.15) is 22.7 Å². The highest BCUT2D eigenvalue weighted by Crippen LogP contribution is 2.34. The highest BCUT2D eigenvalue weighted by molar-refractivity contribution is 6.11. The second-order valence-electron chi connectivity index (χ2n) is 10.6. The lowest BCUT2D eigenvalue weighted by atomic mass is 10.1. The second kappa shape index (κ2) is 9.96. The van der Waals surface area contributed by atoms with Crippen LogP contribution in [0.1, 0.15) is 48.8 Å². The van der Waals surface area contributed by atoms with E-state index in [4.69, 9.17) is 5.73 Å². The van der Waals surface area contributed by atoms with Crippen LogP contribution in [0.3, 0.4) is 0 Å². The smallest absolute Gasteiger partial charge is 0.331 e. The van der Waals surface area contributed by atoms with E-state index in [-0.39, 0.29) is 18.5 Å². The molecule has 204 valence electrons. The molecule has 2 fully saturated rings. The van der Waals surface area contributed by atoms with E-state index >= 15 is 0 Å². The van der Waals surface area contributed by atoms with Crippen LogP contribution < -0.4 is 21.9 Å². The molecule has 11 heteroatoms. The van der Waals surface area contributed by atoms with Gasteiger partial charge in [-0.05, 0) is 38.7 Å². The van der Waals surface area contributed by atoms with Crippen LogP contribution in [0.25, 0.3) is 21.9 Å². The Morgan fingerprint density at radius 1 is 1.05 bits per heavy atom. The Morgan fingerprint density at radius 3 is 2.56 bits per heavy atom. The Bertz CT molecular complexity index is 1700. The third kappa shape index (κ3) is 4.21. The largest absolute Gasteiger partial charge is 0.356 e. The van der Waals surface area contributed by atoms with E-state index in [1.54, 1.807) is 13.2 Å². The van der Waals surface area contributed by atoms with Crippen LogP contribution in [0.5, 0.6) is 0 Å². The van der Waals surface area contributed by atoms with Crippen molar-refractivity contribution in [1.29, 1.82) is 0 Å². The number of benzene rings is 1. The summed E-state index contributed by atoms with van der Waals surface area (Å²) >= 11 is 0. The Kier molecular flexibility index (Phi) is 6.46. The van der Waals surface area contributed by atoms with E-state index in [0.29, 0.717) is 54.4 Å². The number of nitrogens with zero attached hydrogens (tertiary/aromatic N) is 7. The van der Waals surface area contributed by atoms with Gasteiger partial charge >= 0.3 is 5.69 Å². The van der Waals surface area contributed by atoms with Gasteiger partial charge in [0.2, 0.25) is 0 Å². The van der Waals surface area contributed by atoms with Gasteiger partial charge in [0.25, 0.3) is 11.5 Å². The lowest BCUT2D eigenvalue weighted by Gasteiger charge is -2.34. The van der Waals surface area contributed by atoms with E-state index in [1.165, 1.54) is 9.13 Å². The molecule has 1 atom stereocenters. The number of fused-ring (bicyclic) bond motifs is 2. The molecule has 3 aromatic heterocycles. The van der Waals surface area contributed by atoms with E-state index in [9.17, 15) is 14.4 Å². The van der Waals surface area contributed by atoms with Crippen molar-refractivity contribution in [3.8, 4) is 0 Å². The summed E-state index contributed by atoms with van der Waals surface area (Å²) in [4.78, 5) is 54.8. The van der Waals surface area contributed by atoms with Gasteiger partial charge < -0.3 is 20.1 Å². The molecule has 11 nitrogen and oxygen atoms in total. The third-order valence-corrected chi connectivity index (χ3v) is 8.03. The molecule has 0 aliphatic carbocycles. The van der Waals surface area contributed by atoms with Crippen molar-refractivity contribution in [1.82, 2.24) is 28.6 Å². The highest BCUT2D eigenvalue weighted by Gasteiger charge is 2.35. The first-order valence-corrected chi connectivity index (χ1v) is 13.8. The van der Waals surface area contributed by atoms with Crippen LogP contribution in [0.15, 0.2) is 40.1 Å². The number of nitrogens with two attached hydrogens (primary N) is 1. The van der Waals surface area contributed by atoms with Gasteiger partial charge in [-0.2, -0.15) is 0 Å². The van der Waals surface area contributed by atoms with E-state index < -0.39 is 11.2 Å². The average Bonchev–Trinajstić information content (AvgIpc) is 3.60. The third-order valence-electron chi connectivity index (χ3n) is 8.03. The number of piperidine rings is 1. The molecule has 5 heterocycles. The van der Waals surface area contributed by atoms with Crippen LogP contribution in [-0.2, 0) is 20.1 Å². The maximum Gasteiger partial charge on any atom is 0.331 e. The molecule has 4 aromatic rings. The number of aryl methyl sites for hydroxylation is 2. The Hall–Kier alpha value is -3.99. The topological polar surface area (TPSA) is 124 Å². The molecule has 0 bridgehead atoms. The van der Waals surface area contributed by atoms with Gasteiger partial charge in [0.05, 0.1) is 17.6 Å². The quantitative estimate of drug-likeness (QED) is 0.416. The summed E-state index contributed by atoms with van der Waals surface area (Å²) < 4.78 is 4.52. The Morgan fingerprint density at radius 2 is 1.82 bits per heavy atom. The van der Waals surface area contributed by atoms with Gasteiger partial charge in [-0.1, -0.05) is 18.2 Å². The zero-order valence-electron chi connectivity index (χ0n) is 22.5. The minimum Gasteiger partial charge on any atom is -0.356 e. The predicted octanol–water partition coefficient (Wildman–Crippen LogP) is 1.68. The van der Waals surface area contributed by atoms with Crippen molar-refractivity contribution in [2.75, 3.05) is 31.1 Å². The van der Waals surface area contributed by atoms with Gasteiger partial charge in [0.15, 0.2) is 0 Å². The second-order valence-corrected chi connectivity index (χ2v) is 10.6. The number of rotatable bonds is 5. The zero-order valence-corrected chi connectivity index (χ0v) is 22.5. The van der Waals surface area contributed by atoms with Crippen LogP contribution in [0.2, 0.25) is 0 Å². The molecule has 39 heavy (non-hydrogen) atoms. The standard InChI is InChI=1S/C28H34N8O3/c1-3-35-24-23(22(26(37)33-12-6-7-13-33)25(35)34-14-8-10-19(29)16-34)32(2)28(39)36(27(24)38)17-21-30-15-18-9-4-5-11-20(18)31-21/h4-5,9,11,15,19H,3,6-8,10,12-14,16-17,29H2,1-2H3/t19-/m1/s1. The first-order valence-electron chi connectivity index (χ1n) is 13.8. The van der Waals surface area contributed by atoms with Crippen LogP contribution in [0, 0.1) is 0 Å². The molecule has 2 aliphatic heterocycles. The number of hydrogen-bond donors (Lipinski definition) is 1. The monoisotopic (exact) mass is 530 g/mol. The maximum absolute atomic E-state index is 14.1. The number of carbonyl (C=O) groups excluding carboxylic acids is 1. The van der Waals surface area contributed by atoms with E-state index in [0.717, 1.165) is 43.1 Å². The fourth-order valence-corrected chi connectivity index (χ4v) is 6.11. The van der Waals surface area contributed by atoms with Gasteiger partial charge in [-0.3, -0.25) is 18.7 Å². The van der Waals surface area contributed by atoms with Crippen molar-refractivity contribution in [3.05, 3.63) is 62.7 Å². The number of anilines is 1. The van der Waals surface area contributed by atoms with E-state index in [2.05, 4.69) is 14.9 Å². The molecule has 1 aromatic carbocycles. The Balaban J connectivity index is 1.58. The molecule has 0 radical (unpaired) electrons. The summed E-state index contributed by atoms with van der Waals surface area (Å²) in [5, 5.41) is 0.881. The number of hydrogen-bond acceptors (Lipinski definition) is 7. The van der Waals surface area contributed by atoms with Gasteiger partial charge in [-0.25, -0.2) is 14.8 Å². The zero-order chi connectivity index (χ0) is 27.3. The minimum atomic E-state index is -0.505. The first kappa shape index (κ1) is 25.3. The van der Waals surface area contributed by atoms with Crippen molar-refractivity contribution < 1.29 is 4.79 Å². The number of para-hydroxylation sites is 1. The Labute approximate surface area is 225 Å². The SMILES string of the molecule is CCn1c(N2CCC[C@@H](N)C2)c(C(=O)N2CCCC2)c2c1c(=O)n(Cc1ncc3ccccc3n1)c(=O)n2C. The lowest BCUT2D eigenvalue weighted by Crippen LogP contribution is -2.44. The molecular weight excluding hydrogens is 496 g/mol. The molecule has 0 saturated carbocycles. The van der Waals surface area contributed by atoms with Gasteiger partial charge in [0, 0.05) is 57.4 Å². The predicted molar refractivity (Wildman–Crippen MR) is 150 cm³/mol. The summed E-state index contributed by atoms with van der Waals surface area (Å²) in [6.07, 6.45) is 5.39. The number of carbonyl (C=O) groups is 1. The van der Waals surface area contributed by atoms with Crippen molar-refractivity contribution in [3.63, 3.8) is 0 Å². The molecule has 0 spiro atoms. The van der Waals surface area contributed by atoms with E-state index in [1.807, 2.05) is 40.7 Å². The molecular formula is C28H34N8O3. The molecule has 1 amide bonds. The van der Waals surface area contributed by atoms with Gasteiger partial charge in [-0.15, -0.1) is 0 Å².